The van der Waals surface area contributed by atoms with Crippen LogP contribution < -0.4 is 5.32 Å². The van der Waals surface area contributed by atoms with Crippen molar-refractivity contribution in [3.63, 3.8) is 0 Å². The smallest absolute Gasteiger partial charge is 0.387 e. The Balaban J connectivity index is 2.31. The van der Waals surface area contributed by atoms with Crippen LogP contribution in [0.3, 0.4) is 0 Å². The maximum atomic E-state index is 12.9. The maximum Gasteiger partial charge on any atom is 0.441 e. The molecule has 1 rings (SSSR count). The van der Waals surface area contributed by atoms with Gasteiger partial charge >= 0.3 is 5.51 Å². The number of alkyl halides is 3. The molecule has 1 aromatic rings. The molecule has 2 N–H and O–H groups in total. The van der Waals surface area contributed by atoms with Gasteiger partial charge in [-0.1, -0.05) is 6.07 Å². The number of aliphatic hydroxyl groups excluding tert-OH is 1. The van der Waals surface area contributed by atoms with Gasteiger partial charge in [0.2, 0.25) is 0 Å². The van der Waals surface area contributed by atoms with Crippen LogP contribution in [-0.2, 0) is 0 Å². The van der Waals surface area contributed by atoms with Crippen molar-refractivity contribution in [2.24, 2.45) is 0 Å². The number of nitrogens with one attached hydrogen (secondary N) is 1. The van der Waals surface area contributed by atoms with Gasteiger partial charge < -0.3 is 10.4 Å². The number of thioether (sulfide) groups is 1. The van der Waals surface area contributed by atoms with Crippen molar-refractivity contribution in [2.75, 3.05) is 18.8 Å². The minimum absolute atomic E-state index is 0.0382. The first kappa shape index (κ1) is 16.2. The average Bonchev–Trinajstić information content (AvgIpc) is 2.30. The Bertz CT molecular complexity index is 413. The molecule has 0 fully saturated rings. The number of hydrogen-bond acceptors (Lipinski definition) is 3. The average molecular weight is 301 g/mol. The normalized spacial score (nSPS) is 13.6. The highest BCUT2D eigenvalue weighted by molar-refractivity contribution is 8.00. The molecule has 108 valence electrons. The molecule has 8 heteroatoms. The van der Waals surface area contributed by atoms with E-state index in [4.69, 9.17) is 0 Å². The third kappa shape index (κ3) is 6.22. The first-order valence-corrected chi connectivity index (χ1v) is 6.32. The van der Waals surface area contributed by atoms with Gasteiger partial charge in [-0.15, -0.1) is 0 Å². The van der Waals surface area contributed by atoms with Crippen molar-refractivity contribution in [1.82, 2.24) is 5.32 Å². The molecule has 1 aromatic carbocycles. The van der Waals surface area contributed by atoms with Gasteiger partial charge in [-0.2, -0.15) is 13.2 Å². The van der Waals surface area contributed by atoms with Gasteiger partial charge in [0.25, 0.3) is 0 Å². The van der Waals surface area contributed by atoms with E-state index in [2.05, 4.69) is 5.32 Å². The van der Waals surface area contributed by atoms with Crippen LogP contribution in [0.5, 0.6) is 0 Å². The largest absolute Gasteiger partial charge is 0.441 e. The molecule has 0 saturated carbocycles. The Hall–Kier alpha value is -0.860. The lowest BCUT2D eigenvalue weighted by Gasteiger charge is -2.12. The van der Waals surface area contributed by atoms with E-state index in [9.17, 15) is 27.1 Å². The topological polar surface area (TPSA) is 32.3 Å². The van der Waals surface area contributed by atoms with Crippen molar-refractivity contribution >= 4 is 11.8 Å². The van der Waals surface area contributed by atoms with Crippen LogP contribution in [0.2, 0.25) is 0 Å². The lowest BCUT2D eigenvalue weighted by Crippen LogP contribution is -2.24. The van der Waals surface area contributed by atoms with Gasteiger partial charge in [-0.3, -0.25) is 0 Å². The van der Waals surface area contributed by atoms with Gasteiger partial charge in [0, 0.05) is 18.8 Å². The fourth-order valence-corrected chi connectivity index (χ4v) is 1.79. The monoisotopic (exact) mass is 301 g/mol. The van der Waals surface area contributed by atoms with E-state index in [-0.39, 0.29) is 36.2 Å². The minimum atomic E-state index is -4.28. The van der Waals surface area contributed by atoms with Crippen LogP contribution >= 0.6 is 11.8 Å². The number of halogens is 5. The Morgan fingerprint density at radius 2 is 1.89 bits per heavy atom. The lowest BCUT2D eigenvalue weighted by atomic mass is 10.1. The second-order valence-electron chi connectivity index (χ2n) is 3.69. The summed E-state index contributed by atoms with van der Waals surface area (Å²) >= 11 is -0.168. The molecule has 0 aliphatic rings. The summed E-state index contributed by atoms with van der Waals surface area (Å²) in [7, 11) is 0. The maximum absolute atomic E-state index is 12.9. The van der Waals surface area contributed by atoms with Crippen LogP contribution in [0, 0.1) is 11.6 Å². The van der Waals surface area contributed by atoms with Gasteiger partial charge in [0.05, 0.1) is 6.10 Å². The number of benzene rings is 1. The van der Waals surface area contributed by atoms with Crippen LogP contribution in [0.25, 0.3) is 0 Å². The molecular weight excluding hydrogens is 289 g/mol. The standard InChI is InChI=1S/C11H12F5NOS/c12-8-2-1-7(5-9(8)13)10(18)6-17-3-4-19-11(14,15)16/h1-2,5,10,17-18H,3-4,6H2. The zero-order valence-corrected chi connectivity index (χ0v) is 10.5. The molecule has 0 amide bonds. The third-order valence-corrected chi connectivity index (χ3v) is 2.95. The van der Waals surface area contributed by atoms with E-state index in [1.165, 1.54) is 6.07 Å². The zero-order chi connectivity index (χ0) is 14.5. The first-order valence-electron chi connectivity index (χ1n) is 5.34. The first-order chi connectivity index (χ1) is 8.79. The van der Waals surface area contributed by atoms with E-state index in [1.54, 1.807) is 0 Å². The Kier molecular flexibility index (Phi) is 6.02. The van der Waals surface area contributed by atoms with Crippen molar-refractivity contribution in [3.8, 4) is 0 Å². The molecule has 0 aliphatic heterocycles. The fourth-order valence-electron chi connectivity index (χ4n) is 1.32. The molecule has 1 atom stereocenters. The predicted octanol–water partition coefficient (Wildman–Crippen LogP) is 2.84. The predicted molar refractivity (Wildman–Crippen MR) is 62.7 cm³/mol. The molecule has 0 radical (unpaired) electrons. The summed E-state index contributed by atoms with van der Waals surface area (Å²) in [5.74, 6) is -2.29. The zero-order valence-electron chi connectivity index (χ0n) is 9.68. The van der Waals surface area contributed by atoms with Crippen molar-refractivity contribution < 1.29 is 27.1 Å². The summed E-state index contributed by atoms with van der Waals surface area (Å²) in [5, 5.41) is 12.2. The highest BCUT2D eigenvalue weighted by atomic mass is 32.2. The molecule has 19 heavy (non-hydrogen) atoms. The van der Waals surface area contributed by atoms with Crippen molar-refractivity contribution in [1.29, 1.82) is 0 Å². The van der Waals surface area contributed by atoms with E-state index in [1.807, 2.05) is 0 Å². The molecule has 2 nitrogen and oxygen atoms in total. The molecule has 0 spiro atoms. The van der Waals surface area contributed by atoms with E-state index in [0.29, 0.717) is 0 Å². The minimum Gasteiger partial charge on any atom is -0.387 e. The Labute approximate surface area is 111 Å². The second kappa shape index (κ2) is 7.06. The Morgan fingerprint density at radius 3 is 2.47 bits per heavy atom. The van der Waals surface area contributed by atoms with Crippen molar-refractivity contribution in [3.05, 3.63) is 35.4 Å². The Morgan fingerprint density at radius 1 is 1.21 bits per heavy atom. The van der Waals surface area contributed by atoms with Gasteiger partial charge in [0.15, 0.2) is 11.6 Å². The summed E-state index contributed by atoms with van der Waals surface area (Å²) in [4.78, 5) is 0. The summed E-state index contributed by atoms with van der Waals surface area (Å²) < 4.78 is 60.9. The van der Waals surface area contributed by atoms with E-state index >= 15 is 0 Å². The van der Waals surface area contributed by atoms with Gasteiger partial charge in [0.1, 0.15) is 0 Å². The highest BCUT2D eigenvalue weighted by Gasteiger charge is 2.27. The summed E-state index contributed by atoms with van der Waals surface area (Å²) in [6, 6.07) is 2.95. The molecule has 0 saturated heterocycles. The molecule has 1 unspecified atom stereocenters. The molecule has 0 aliphatic carbocycles. The third-order valence-electron chi connectivity index (χ3n) is 2.21. The van der Waals surface area contributed by atoms with Gasteiger partial charge in [-0.05, 0) is 29.5 Å². The number of hydrogen-bond donors (Lipinski definition) is 2. The summed E-state index contributed by atoms with van der Waals surface area (Å²) in [6.45, 7) is 0.00834. The number of aliphatic hydroxyl groups is 1. The SMILES string of the molecule is OC(CNCCSC(F)(F)F)c1ccc(F)c(F)c1. The quantitative estimate of drug-likeness (QED) is 0.626. The molecule has 0 aromatic heterocycles. The van der Waals surface area contributed by atoms with Gasteiger partial charge in [-0.25, -0.2) is 8.78 Å². The van der Waals surface area contributed by atoms with E-state index < -0.39 is 23.2 Å². The van der Waals surface area contributed by atoms with Crippen molar-refractivity contribution in [2.45, 2.75) is 11.6 Å². The van der Waals surface area contributed by atoms with Crippen LogP contribution in [0.15, 0.2) is 18.2 Å². The van der Waals surface area contributed by atoms with E-state index in [0.717, 1.165) is 12.1 Å². The van der Waals surface area contributed by atoms with Crippen LogP contribution in [-0.4, -0.2) is 29.5 Å². The summed E-state index contributed by atoms with van der Waals surface area (Å²) in [5.41, 5.74) is -4.12. The van der Waals surface area contributed by atoms with Crippen LogP contribution in [0.4, 0.5) is 22.0 Å². The lowest BCUT2D eigenvalue weighted by molar-refractivity contribution is -0.0327. The molecular formula is C11H12F5NOS. The second-order valence-corrected chi connectivity index (χ2v) is 4.85. The van der Waals surface area contributed by atoms with Crippen LogP contribution in [0.1, 0.15) is 11.7 Å². The molecule has 0 heterocycles. The molecule has 0 bridgehead atoms. The summed E-state index contributed by atoms with van der Waals surface area (Å²) in [6.07, 6.45) is -1.11. The highest BCUT2D eigenvalue weighted by Crippen LogP contribution is 2.29. The number of rotatable bonds is 6. The fraction of sp³-hybridized carbons (Fsp3) is 0.455.